The molecule has 20 heavy (non-hydrogen) atoms. The lowest BCUT2D eigenvalue weighted by Crippen LogP contribution is -2.23. The van der Waals surface area contributed by atoms with Gasteiger partial charge in [0.05, 0.1) is 11.4 Å². The van der Waals surface area contributed by atoms with Gasteiger partial charge in [-0.05, 0) is 12.1 Å². The molecule has 1 amide bonds. The van der Waals surface area contributed by atoms with E-state index in [2.05, 4.69) is 15.5 Å². The topological polar surface area (TPSA) is 58.1 Å². The van der Waals surface area contributed by atoms with Crippen molar-refractivity contribution in [3.05, 3.63) is 30.1 Å². The SMILES string of the molecule is CN(C)C(=O)CSc1nnc(Nc2ccccc2F)s1. The molecule has 0 radical (unpaired) electrons. The number of amides is 1. The molecule has 8 heteroatoms. The molecule has 1 aromatic heterocycles. The number of carbonyl (C=O) groups excluding carboxylic acids is 1. The Morgan fingerprint density at radius 3 is 2.85 bits per heavy atom. The number of halogens is 1. The highest BCUT2D eigenvalue weighted by Gasteiger charge is 2.10. The van der Waals surface area contributed by atoms with Gasteiger partial charge in [-0.1, -0.05) is 35.2 Å². The van der Waals surface area contributed by atoms with E-state index in [1.165, 1.54) is 34.1 Å². The fraction of sp³-hybridized carbons (Fsp3) is 0.250. The molecule has 0 spiro atoms. The summed E-state index contributed by atoms with van der Waals surface area (Å²) in [5.74, 6) is -0.0325. The van der Waals surface area contributed by atoms with Gasteiger partial charge < -0.3 is 10.2 Å². The van der Waals surface area contributed by atoms with Crippen LogP contribution in [-0.2, 0) is 4.79 Å². The Balaban J connectivity index is 1.96. The number of rotatable bonds is 5. The second kappa shape index (κ2) is 6.67. The lowest BCUT2D eigenvalue weighted by atomic mass is 10.3. The zero-order chi connectivity index (χ0) is 14.5. The zero-order valence-electron chi connectivity index (χ0n) is 11.0. The third kappa shape index (κ3) is 3.91. The van der Waals surface area contributed by atoms with Gasteiger partial charge in [-0.25, -0.2) is 4.39 Å². The molecule has 2 aromatic rings. The van der Waals surface area contributed by atoms with Gasteiger partial charge in [0.15, 0.2) is 4.34 Å². The molecule has 1 N–H and O–H groups in total. The van der Waals surface area contributed by atoms with Gasteiger partial charge >= 0.3 is 0 Å². The number of hydrogen-bond donors (Lipinski definition) is 1. The molecule has 1 aromatic carbocycles. The van der Waals surface area contributed by atoms with Crippen molar-refractivity contribution in [2.75, 3.05) is 25.2 Å². The Morgan fingerprint density at radius 2 is 2.15 bits per heavy atom. The maximum atomic E-state index is 13.5. The summed E-state index contributed by atoms with van der Waals surface area (Å²) in [6.45, 7) is 0. The zero-order valence-corrected chi connectivity index (χ0v) is 12.6. The highest BCUT2D eigenvalue weighted by atomic mass is 32.2. The van der Waals surface area contributed by atoms with Gasteiger partial charge in [-0.3, -0.25) is 4.79 Å². The summed E-state index contributed by atoms with van der Waals surface area (Å²) < 4.78 is 14.1. The van der Waals surface area contributed by atoms with Crippen molar-refractivity contribution in [3.8, 4) is 0 Å². The molecule has 0 atom stereocenters. The number of thioether (sulfide) groups is 1. The van der Waals surface area contributed by atoms with Crippen LogP contribution in [0.15, 0.2) is 28.6 Å². The van der Waals surface area contributed by atoms with Gasteiger partial charge in [0.2, 0.25) is 11.0 Å². The van der Waals surface area contributed by atoms with E-state index in [-0.39, 0.29) is 11.7 Å². The number of aromatic nitrogens is 2. The highest BCUT2D eigenvalue weighted by Crippen LogP contribution is 2.28. The number of nitrogens with one attached hydrogen (secondary N) is 1. The van der Waals surface area contributed by atoms with Crippen LogP contribution in [0.3, 0.4) is 0 Å². The summed E-state index contributed by atoms with van der Waals surface area (Å²) in [7, 11) is 3.41. The molecule has 0 bridgehead atoms. The standard InChI is InChI=1S/C12H13FN4OS2/c1-17(2)10(18)7-19-12-16-15-11(20-12)14-9-6-4-3-5-8(9)13/h3-6H,7H2,1-2H3,(H,14,15). The Morgan fingerprint density at radius 1 is 1.40 bits per heavy atom. The van der Waals surface area contributed by atoms with E-state index >= 15 is 0 Å². The van der Waals surface area contributed by atoms with Crippen LogP contribution in [-0.4, -0.2) is 40.9 Å². The maximum Gasteiger partial charge on any atom is 0.232 e. The van der Waals surface area contributed by atoms with Crippen LogP contribution in [0.4, 0.5) is 15.2 Å². The van der Waals surface area contributed by atoms with Crippen molar-refractivity contribution >= 4 is 39.8 Å². The monoisotopic (exact) mass is 312 g/mol. The first-order valence-electron chi connectivity index (χ1n) is 5.74. The van der Waals surface area contributed by atoms with Gasteiger partial charge in [-0.2, -0.15) is 0 Å². The summed E-state index contributed by atoms with van der Waals surface area (Å²) in [6.07, 6.45) is 0. The summed E-state index contributed by atoms with van der Waals surface area (Å²) in [5, 5.41) is 11.2. The Labute approximate surface area is 124 Å². The van der Waals surface area contributed by atoms with E-state index in [0.29, 0.717) is 20.9 Å². The summed E-state index contributed by atoms with van der Waals surface area (Å²) in [5.41, 5.74) is 0.351. The molecule has 106 valence electrons. The van der Waals surface area contributed by atoms with Crippen molar-refractivity contribution in [2.45, 2.75) is 4.34 Å². The van der Waals surface area contributed by atoms with Crippen molar-refractivity contribution in [1.82, 2.24) is 15.1 Å². The Kier molecular flexibility index (Phi) is 4.91. The molecule has 5 nitrogen and oxygen atoms in total. The van der Waals surface area contributed by atoms with Crippen molar-refractivity contribution < 1.29 is 9.18 Å². The average molecular weight is 312 g/mol. The number of benzene rings is 1. The number of nitrogens with zero attached hydrogens (tertiary/aromatic N) is 3. The predicted octanol–water partition coefficient (Wildman–Crippen LogP) is 2.60. The molecule has 0 aliphatic carbocycles. The third-order valence-electron chi connectivity index (χ3n) is 2.34. The van der Waals surface area contributed by atoms with Crippen molar-refractivity contribution in [2.24, 2.45) is 0 Å². The Bertz CT molecular complexity index is 603. The lowest BCUT2D eigenvalue weighted by Gasteiger charge is -2.07. The quantitative estimate of drug-likeness (QED) is 0.860. The fourth-order valence-corrected chi connectivity index (χ4v) is 2.99. The van der Waals surface area contributed by atoms with Crippen LogP contribution in [0.25, 0.3) is 0 Å². The van der Waals surface area contributed by atoms with E-state index in [1.807, 2.05) is 0 Å². The molecule has 0 saturated carbocycles. The average Bonchev–Trinajstić information content (AvgIpc) is 2.86. The first-order chi connectivity index (χ1) is 9.56. The van der Waals surface area contributed by atoms with Crippen LogP contribution in [0.5, 0.6) is 0 Å². The number of para-hydroxylation sites is 1. The minimum Gasteiger partial charge on any atom is -0.348 e. The molecule has 0 aliphatic heterocycles. The molecular formula is C12H13FN4OS2. The van der Waals surface area contributed by atoms with Gasteiger partial charge in [0.1, 0.15) is 5.82 Å². The van der Waals surface area contributed by atoms with Crippen LogP contribution in [0, 0.1) is 5.82 Å². The summed E-state index contributed by atoms with van der Waals surface area (Å²) >= 11 is 2.59. The van der Waals surface area contributed by atoms with E-state index in [4.69, 9.17) is 0 Å². The number of carbonyl (C=O) groups is 1. The van der Waals surface area contributed by atoms with Crippen LogP contribution in [0.2, 0.25) is 0 Å². The summed E-state index contributed by atoms with van der Waals surface area (Å²) in [4.78, 5) is 13.0. The largest absolute Gasteiger partial charge is 0.348 e. The molecular weight excluding hydrogens is 299 g/mol. The van der Waals surface area contributed by atoms with Crippen molar-refractivity contribution in [3.63, 3.8) is 0 Å². The third-order valence-corrected chi connectivity index (χ3v) is 4.30. The van der Waals surface area contributed by atoms with E-state index < -0.39 is 0 Å². The first kappa shape index (κ1) is 14.7. The number of hydrogen-bond acceptors (Lipinski definition) is 6. The number of anilines is 2. The van der Waals surface area contributed by atoms with Crippen LogP contribution in [0.1, 0.15) is 0 Å². The minimum atomic E-state index is -0.348. The molecule has 2 rings (SSSR count). The molecule has 0 saturated heterocycles. The highest BCUT2D eigenvalue weighted by molar-refractivity contribution is 8.01. The normalized spacial score (nSPS) is 10.3. The van der Waals surface area contributed by atoms with E-state index in [1.54, 1.807) is 32.3 Å². The van der Waals surface area contributed by atoms with E-state index in [0.717, 1.165) is 0 Å². The molecule has 0 fully saturated rings. The Hall–Kier alpha value is -1.67. The molecule has 1 heterocycles. The van der Waals surface area contributed by atoms with E-state index in [9.17, 15) is 9.18 Å². The molecule has 0 aliphatic rings. The van der Waals surface area contributed by atoms with Crippen LogP contribution >= 0.6 is 23.1 Å². The smallest absolute Gasteiger partial charge is 0.232 e. The first-order valence-corrected chi connectivity index (χ1v) is 7.54. The fourth-order valence-electron chi connectivity index (χ4n) is 1.25. The van der Waals surface area contributed by atoms with Gasteiger partial charge in [0, 0.05) is 14.1 Å². The second-order valence-corrected chi connectivity index (χ2v) is 6.25. The summed E-state index contributed by atoms with van der Waals surface area (Å²) in [6, 6.07) is 6.35. The van der Waals surface area contributed by atoms with Crippen molar-refractivity contribution in [1.29, 1.82) is 0 Å². The predicted molar refractivity (Wildman–Crippen MR) is 79.0 cm³/mol. The van der Waals surface area contributed by atoms with Gasteiger partial charge in [0.25, 0.3) is 0 Å². The lowest BCUT2D eigenvalue weighted by molar-refractivity contribution is -0.125. The van der Waals surface area contributed by atoms with Gasteiger partial charge in [-0.15, -0.1) is 10.2 Å². The molecule has 0 unspecified atom stereocenters. The van der Waals surface area contributed by atoms with Crippen LogP contribution < -0.4 is 5.32 Å². The second-order valence-electron chi connectivity index (χ2n) is 4.05. The minimum absolute atomic E-state index is 0.00816. The maximum absolute atomic E-state index is 13.5.